The molecule has 0 spiro atoms. The van der Waals surface area contributed by atoms with Gasteiger partial charge in [0, 0.05) is 13.0 Å². The molecular formula is C17H22N2O7S. The second-order valence-electron chi connectivity index (χ2n) is 6.42. The van der Waals surface area contributed by atoms with Gasteiger partial charge in [-0.2, -0.15) is 4.31 Å². The molecule has 1 aliphatic rings. The second-order valence-corrected chi connectivity index (χ2v) is 8.31. The molecule has 1 aliphatic heterocycles. The molecule has 2 atom stereocenters. The molecule has 0 radical (unpaired) electrons. The largest absolute Gasteiger partial charge is 0.481 e. The highest BCUT2D eigenvalue weighted by Crippen LogP contribution is 2.26. The number of aliphatic carboxylic acids is 2. The van der Waals surface area contributed by atoms with Gasteiger partial charge in [0.1, 0.15) is 12.1 Å². The number of rotatable bonds is 8. The first-order valence-corrected chi connectivity index (χ1v) is 9.90. The maximum Gasteiger partial charge on any atom is 0.326 e. The first-order chi connectivity index (χ1) is 12.6. The number of hydrogen-bond acceptors (Lipinski definition) is 5. The summed E-state index contributed by atoms with van der Waals surface area (Å²) in [6.45, 7) is 1.98. The fourth-order valence-electron chi connectivity index (χ4n) is 2.93. The van der Waals surface area contributed by atoms with E-state index in [1.54, 1.807) is 12.1 Å². The van der Waals surface area contributed by atoms with Crippen LogP contribution in [0.5, 0.6) is 0 Å². The number of nitrogens with one attached hydrogen (secondary N) is 1. The van der Waals surface area contributed by atoms with Crippen LogP contribution in [0.3, 0.4) is 0 Å². The van der Waals surface area contributed by atoms with Gasteiger partial charge in [0.15, 0.2) is 0 Å². The van der Waals surface area contributed by atoms with Crippen LogP contribution in [0, 0.1) is 6.92 Å². The van der Waals surface area contributed by atoms with Gasteiger partial charge in [-0.05, 0) is 38.3 Å². The lowest BCUT2D eigenvalue weighted by Crippen LogP contribution is -2.50. The highest BCUT2D eigenvalue weighted by molar-refractivity contribution is 7.89. The Morgan fingerprint density at radius 3 is 2.41 bits per heavy atom. The monoisotopic (exact) mass is 398 g/mol. The Morgan fingerprint density at radius 2 is 1.85 bits per heavy atom. The molecule has 1 aromatic rings. The molecule has 0 unspecified atom stereocenters. The summed E-state index contributed by atoms with van der Waals surface area (Å²) in [5.41, 5.74) is 0.896. The van der Waals surface area contributed by atoms with Crippen LogP contribution < -0.4 is 5.32 Å². The van der Waals surface area contributed by atoms with Crippen molar-refractivity contribution in [3.8, 4) is 0 Å². The van der Waals surface area contributed by atoms with Gasteiger partial charge >= 0.3 is 11.9 Å². The number of carboxylic acid groups (broad SMARTS) is 2. The van der Waals surface area contributed by atoms with E-state index in [-0.39, 0.29) is 24.3 Å². The number of benzene rings is 1. The van der Waals surface area contributed by atoms with E-state index >= 15 is 0 Å². The van der Waals surface area contributed by atoms with Gasteiger partial charge in [-0.15, -0.1) is 0 Å². The summed E-state index contributed by atoms with van der Waals surface area (Å²) in [6, 6.07) is 3.82. The molecule has 1 fully saturated rings. The fourth-order valence-corrected chi connectivity index (χ4v) is 4.59. The number of nitrogens with zero attached hydrogens (tertiary/aromatic N) is 1. The minimum absolute atomic E-state index is 0.0634. The standard InChI is InChI=1S/C17H22N2O7S/c1-11-4-6-12(7-5-11)27(25,26)19-10-2-3-14(19)16(22)18-13(17(23)24)8-9-15(20)21/h4-7,13-14H,2-3,8-10H2,1H3,(H,18,22)(H,20,21)(H,23,24)/t13-,14+/m1/s1. The molecule has 1 heterocycles. The van der Waals surface area contributed by atoms with Crippen molar-refractivity contribution in [3.63, 3.8) is 0 Å². The number of sulfonamides is 1. The fraction of sp³-hybridized carbons (Fsp3) is 0.471. The number of amides is 1. The van der Waals surface area contributed by atoms with Crippen molar-refractivity contribution in [3.05, 3.63) is 29.8 Å². The van der Waals surface area contributed by atoms with E-state index in [0.717, 1.165) is 9.87 Å². The SMILES string of the molecule is Cc1ccc(S(=O)(=O)N2CCC[C@H]2C(=O)N[C@H](CCC(=O)O)C(=O)O)cc1. The molecule has 3 N–H and O–H groups in total. The highest BCUT2D eigenvalue weighted by Gasteiger charge is 2.40. The van der Waals surface area contributed by atoms with E-state index in [0.29, 0.717) is 6.42 Å². The van der Waals surface area contributed by atoms with E-state index in [9.17, 15) is 22.8 Å². The van der Waals surface area contributed by atoms with E-state index in [1.807, 2.05) is 6.92 Å². The molecule has 0 aromatic heterocycles. The molecule has 0 saturated carbocycles. The van der Waals surface area contributed by atoms with Crippen LogP contribution in [-0.4, -0.2) is 59.4 Å². The van der Waals surface area contributed by atoms with E-state index in [2.05, 4.69) is 5.32 Å². The molecule has 10 heteroatoms. The zero-order valence-corrected chi connectivity index (χ0v) is 15.6. The smallest absolute Gasteiger partial charge is 0.326 e. The van der Waals surface area contributed by atoms with Crippen molar-refractivity contribution >= 4 is 27.9 Å². The predicted molar refractivity (Wildman–Crippen MR) is 94.5 cm³/mol. The van der Waals surface area contributed by atoms with Crippen LogP contribution in [0.1, 0.15) is 31.2 Å². The van der Waals surface area contributed by atoms with Gasteiger partial charge in [0.2, 0.25) is 15.9 Å². The molecule has 1 aromatic carbocycles. The van der Waals surface area contributed by atoms with Crippen molar-refractivity contribution < 1.29 is 33.0 Å². The third kappa shape index (κ3) is 5.04. The quantitative estimate of drug-likeness (QED) is 0.582. The Labute approximate surface area is 157 Å². The van der Waals surface area contributed by atoms with Crippen molar-refractivity contribution in [2.75, 3.05) is 6.54 Å². The Hall–Kier alpha value is -2.46. The molecule has 0 bridgehead atoms. The lowest BCUT2D eigenvalue weighted by Gasteiger charge is -2.25. The normalized spacial score (nSPS) is 18.8. The molecule has 1 saturated heterocycles. The van der Waals surface area contributed by atoms with Crippen LogP contribution in [0.25, 0.3) is 0 Å². The van der Waals surface area contributed by atoms with Crippen LogP contribution in [0.4, 0.5) is 0 Å². The van der Waals surface area contributed by atoms with Crippen LogP contribution in [-0.2, 0) is 24.4 Å². The minimum atomic E-state index is -3.90. The zero-order chi connectivity index (χ0) is 20.2. The van der Waals surface area contributed by atoms with Crippen molar-refractivity contribution in [1.29, 1.82) is 0 Å². The van der Waals surface area contributed by atoms with Crippen molar-refractivity contribution in [2.24, 2.45) is 0 Å². The van der Waals surface area contributed by atoms with Gasteiger partial charge in [-0.3, -0.25) is 9.59 Å². The third-order valence-corrected chi connectivity index (χ3v) is 6.32. The first-order valence-electron chi connectivity index (χ1n) is 8.46. The van der Waals surface area contributed by atoms with Crippen molar-refractivity contribution in [1.82, 2.24) is 9.62 Å². The Balaban J connectivity index is 2.16. The summed E-state index contributed by atoms with van der Waals surface area (Å²) in [4.78, 5) is 34.5. The van der Waals surface area contributed by atoms with Crippen LogP contribution in [0.15, 0.2) is 29.2 Å². The second kappa shape index (κ2) is 8.49. The number of carbonyl (C=O) groups excluding carboxylic acids is 1. The number of carbonyl (C=O) groups is 3. The van der Waals surface area contributed by atoms with Crippen LogP contribution in [0.2, 0.25) is 0 Å². The average molecular weight is 398 g/mol. The lowest BCUT2D eigenvalue weighted by atomic mass is 10.1. The highest BCUT2D eigenvalue weighted by atomic mass is 32.2. The summed E-state index contributed by atoms with van der Waals surface area (Å²) in [5, 5.41) is 20.1. The molecular weight excluding hydrogens is 376 g/mol. The Bertz CT molecular complexity index is 820. The molecule has 9 nitrogen and oxygen atoms in total. The predicted octanol–water partition coefficient (Wildman–Crippen LogP) is 0.582. The molecule has 1 amide bonds. The summed E-state index contributed by atoms with van der Waals surface area (Å²) >= 11 is 0. The van der Waals surface area contributed by atoms with E-state index in [4.69, 9.17) is 10.2 Å². The third-order valence-electron chi connectivity index (χ3n) is 4.40. The number of aryl methyl sites for hydroxylation is 1. The molecule has 27 heavy (non-hydrogen) atoms. The van der Waals surface area contributed by atoms with Gasteiger partial charge in [-0.25, -0.2) is 13.2 Å². The van der Waals surface area contributed by atoms with Gasteiger partial charge in [-0.1, -0.05) is 17.7 Å². The molecule has 148 valence electrons. The maximum atomic E-state index is 12.8. The summed E-state index contributed by atoms with van der Waals surface area (Å²) < 4.78 is 26.8. The zero-order valence-electron chi connectivity index (χ0n) is 14.8. The topological polar surface area (TPSA) is 141 Å². The summed E-state index contributed by atoms with van der Waals surface area (Å²) in [7, 11) is -3.90. The Kier molecular flexibility index (Phi) is 6.55. The lowest BCUT2D eigenvalue weighted by molar-refractivity contribution is -0.143. The average Bonchev–Trinajstić information content (AvgIpc) is 3.09. The summed E-state index contributed by atoms with van der Waals surface area (Å²) in [6.07, 6.45) is 0.0272. The van der Waals surface area contributed by atoms with Gasteiger partial charge in [0.25, 0.3) is 0 Å². The van der Waals surface area contributed by atoms with Gasteiger partial charge < -0.3 is 15.5 Å². The van der Waals surface area contributed by atoms with Gasteiger partial charge in [0.05, 0.1) is 4.90 Å². The molecule has 0 aliphatic carbocycles. The maximum absolute atomic E-state index is 12.8. The number of hydrogen-bond donors (Lipinski definition) is 3. The van der Waals surface area contributed by atoms with E-state index < -0.39 is 46.4 Å². The van der Waals surface area contributed by atoms with Crippen LogP contribution >= 0.6 is 0 Å². The summed E-state index contributed by atoms with van der Waals surface area (Å²) in [5.74, 6) is -3.28. The minimum Gasteiger partial charge on any atom is -0.481 e. The molecule has 2 rings (SSSR count). The van der Waals surface area contributed by atoms with E-state index in [1.165, 1.54) is 12.1 Å². The van der Waals surface area contributed by atoms with Crippen molar-refractivity contribution in [2.45, 2.75) is 49.6 Å². The Morgan fingerprint density at radius 1 is 1.22 bits per heavy atom. The first kappa shape index (κ1) is 20.8. The number of carboxylic acids is 2.